The molecule has 0 atom stereocenters. The topological polar surface area (TPSA) is 48.6 Å². The number of hydrogen-bond donors (Lipinski definition) is 0. The normalized spacial score (nSPS) is 11.2. The van der Waals surface area contributed by atoms with Crippen LogP contribution in [-0.2, 0) is 20.8 Å². The van der Waals surface area contributed by atoms with Crippen molar-refractivity contribution in [2.45, 2.75) is 155 Å². The summed E-state index contributed by atoms with van der Waals surface area (Å²) in [7, 11) is 0. The number of rotatable bonds is 30. The van der Waals surface area contributed by atoms with Crippen molar-refractivity contribution in [1.82, 2.24) is 0 Å². The maximum Gasteiger partial charge on any atom is 0.344 e. The van der Waals surface area contributed by atoms with Gasteiger partial charge in [-0.05, 0) is 38.7 Å². The number of pyridine rings is 1. The Morgan fingerprint density at radius 1 is 0.600 bits per heavy atom. The Kier molecular flexibility index (Phi) is 26.6. The summed E-state index contributed by atoms with van der Waals surface area (Å²) in [5.41, 5.74) is 0.617. The van der Waals surface area contributed by atoms with Crippen molar-refractivity contribution in [3.8, 4) is 0 Å². The van der Waals surface area contributed by atoms with Gasteiger partial charge in [-0.1, -0.05) is 110 Å². The van der Waals surface area contributed by atoms with Crippen LogP contribution in [0.2, 0.25) is 0 Å². The molecule has 0 radical (unpaired) electrons. The van der Waals surface area contributed by atoms with Crippen LogP contribution >= 0.6 is 0 Å². The summed E-state index contributed by atoms with van der Waals surface area (Å²) < 4.78 is 18.7. The molecule has 0 aliphatic heterocycles. The Labute approximate surface area is 247 Å². The molecule has 5 nitrogen and oxygen atoms in total. The first-order valence-electron chi connectivity index (χ1n) is 17.1. The lowest BCUT2D eigenvalue weighted by molar-refractivity contribution is -0.697. The lowest BCUT2D eigenvalue weighted by Gasteiger charge is -2.06. The second-order valence-corrected chi connectivity index (χ2v) is 11.3. The summed E-state index contributed by atoms with van der Waals surface area (Å²) in [6.07, 6.45) is 31.9. The lowest BCUT2D eigenvalue weighted by atomic mass is 10.0. The van der Waals surface area contributed by atoms with Crippen LogP contribution in [0.25, 0.3) is 0 Å². The van der Waals surface area contributed by atoms with Gasteiger partial charge in [-0.2, -0.15) is 0 Å². The maximum absolute atomic E-state index is 11.8. The fourth-order valence-corrected chi connectivity index (χ4v) is 5.07. The number of esters is 1. The van der Waals surface area contributed by atoms with E-state index < -0.39 is 0 Å². The third-order valence-corrected chi connectivity index (χ3v) is 7.54. The summed E-state index contributed by atoms with van der Waals surface area (Å²) >= 11 is 0. The first-order chi connectivity index (χ1) is 19.8. The highest BCUT2D eigenvalue weighted by atomic mass is 16.5. The van der Waals surface area contributed by atoms with E-state index in [4.69, 9.17) is 14.2 Å². The summed E-state index contributed by atoms with van der Waals surface area (Å²) in [4.78, 5) is 11.8. The molecule has 0 amide bonds. The number of carbonyl (C=O) groups excluding carboxylic acids is 1. The zero-order valence-electron chi connectivity index (χ0n) is 26.5. The molecule has 0 bridgehead atoms. The molecule has 0 aliphatic carbocycles. The minimum Gasteiger partial charge on any atom is -0.462 e. The summed E-state index contributed by atoms with van der Waals surface area (Å²) in [6.45, 7) is 8.81. The van der Waals surface area contributed by atoms with Crippen LogP contribution in [0.4, 0.5) is 0 Å². The molecule has 0 saturated carbocycles. The van der Waals surface area contributed by atoms with E-state index in [1.165, 1.54) is 116 Å². The SMILES string of the molecule is CCCCCCCCCCCCCCCCCCOCCCOCCCCCC[n+]1cccc(C(=O)OCC)c1. The molecule has 0 saturated heterocycles. The summed E-state index contributed by atoms with van der Waals surface area (Å²) in [6, 6.07) is 3.71. The maximum atomic E-state index is 11.8. The monoisotopic (exact) mass is 562 g/mol. The number of unbranched alkanes of at least 4 members (excludes halogenated alkanes) is 18. The zero-order valence-corrected chi connectivity index (χ0v) is 26.5. The van der Waals surface area contributed by atoms with Crippen LogP contribution in [0.1, 0.15) is 159 Å². The highest BCUT2D eigenvalue weighted by molar-refractivity contribution is 5.88. The van der Waals surface area contributed by atoms with Gasteiger partial charge >= 0.3 is 5.97 Å². The lowest BCUT2D eigenvalue weighted by Crippen LogP contribution is -2.34. The zero-order chi connectivity index (χ0) is 28.8. The standard InChI is InChI=1S/C35H64NO4/c1-3-5-6-7-8-9-10-11-12-13-14-15-16-17-19-22-29-38-31-25-32-39-30-23-20-18-21-27-36-28-24-26-34(33-36)35(37)40-4-2/h24,26,28,33H,3-23,25,27,29-32H2,1-2H3/q+1. The van der Waals surface area contributed by atoms with Crippen molar-refractivity contribution in [3.05, 3.63) is 30.1 Å². The van der Waals surface area contributed by atoms with Crippen LogP contribution < -0.4 is 4.57 Å². The Balaban J connectivity index is 1.73. The van der Waals surface area contributed by atoms with Gasteiger partial charge in [-0.25, -0.2) is 9.36 Å². The van der Waals surface area contributed by atoms with Crippen molar-refractivity contribution in [2.75, 3.05) is 33.0 Å². The van der Waals surface area contributed by atoms with E-state index in [1.807, 2.05) is 25.4 Å². The molecule has 0 aromatic carbocycles. The van der Waals surface area contributed by atoms with Crippen LogP contribution in [0.15, 0.2) is 24.5 Å². The van der Waals surface area contributed by atoms with Crippen LogP contribution in [0, 0.1) is 0 Å². The van der Waals surface area contributed by atoms with E-state index in [9.17, 15) is 4.79 Å². The summed E-state index contributed by atoms with van der Waals surface area (Å²) in [5.74, 6) is -0.250. The number of aromatic nitrogens is 1. The molecule has 232 valence electrons. The van der Waals surface area contributed by atoms with Gasteiger partial charge in [0, 0.05) is 38.9 Å². The largest absolute Gasteiger partial charge is 0.462 e. The molecule has 0 fully saturated rings. The van der Waals surface area contributed by atoms with E-state index >= 15 is 0 Å². The predicted octanol–water partition coefficient (Wildman–Crippen LogP) is 9.40. The third-order valence-electron chi connectivity index (χ3n) is 7.54. The molecule has 1 aromatic rings. The van der Waals surface area contributed by atoms with Gasteiger partial charge in [-0.15, -0.1) is 0 Å². The van der Waals surface area contributed by atoms with Gasteiger partial charge in [0.1, 0.15) is 12.1 Å². The Morgan fingerprint density at radius 2 is 1.05 bits per heavy atom. The highest BCUT2D eigenvalue weighted by Crippen LogP contribution is 2.13. The van der Waals surface area contributed by atoms with Gasteiger partial charge in [0.05, 0.1) is 6.61 Å². The predicted molar refractivity (Wildman–Crippen MR) is 167 cm³/mol. The molecule has 1 rings (SSSR count). The summed E-state index contributed by atoms with van der Waals surface area (Å²) in [5, 5.41) is 0. The molecular weight excluding hydrogens is 498 g/mol. The average Bonchev–Trinajstić information content (AvgIpc) is 2.97. The number of aryl methyl sites for hydroxylation is 1. The van der Waals surface area contributed by atoms with E-state index in [0.29, 0.717) is 12.2 Å². The Bertz CT molecular complexity index is 681. The van der Waals surface area contributed by atoms with E-state index in [2.05, 4.69) is 11.5 Å². The van der Waals surface area contributed by atoms with Gasteiger partial charge < -0.3 is 14.2 Å². The highest BCUT2D eigenvalue weighted by Gasteiger charge is 2.11. The van der Waals surface area contributed by atoms with Gasteiger partial charge in [0.2, 0.25) is 0 Å². The van der Waals surface area contributed by atoms with Crippen molar-refractivity contribution >= 4 is 5.97 Å². The van der Waals surface area contributed by atoms with Crippen molar-refractivity contribution in [3.63, 3.8) is 0 Å². The molecule has 1 aromatic heterocycles. The molecule has 5 heteroatoms. The second-order valence-electron chi connectivity index (χ2n) is 11.3. The Hall–Kier alpha value is -1.46. The van der Waals surface area contributed by atoms with E-state index in [0.717, 1.165) is 52.2 Å². The molecule has 0 spiro atoms. The van der Waals surface area contributed by atoms with Crippen LogP contribution in [0.3, 0.4) is 0 Å². The van der Waals surface area contributed by atoms with Crippen LogP contribution in [0.5, 0.6) is 0 Å². The molecule has 0 unspecified atom stereocenters. The van der Waals surface area contributed by atoms with Gasteiger partial charge in [0.25, 0.3) is 0 Å². The minimum atomic E-state index is -0.250. The minimum absolute atomic E-state index is 0.250. The first kappa shape index (κ1) is 36.6. The number of hydrogen-bond acceptors (Lipinski definition) is 4. The molecule has 0 N–H and O–H groups in total. The fraction of sp³-hybridized carbons (Fsp3) is 0.829. The smallest absolute Gasteiger partial charge is 0.344 e. The second kappa shape index (κ2) is 29.0. The molecule has 0 aliphatic rings. The van der Waals surface area contributed by atoms with Crippen LogP contribution in [-0.4, -0.2) is 39.0 Å². The number of carbonyl (C=O) groups is 1. The van der Waals surface area contributed by atoms with Crippen molar-refractivity contribution in [2.24, 2.45) is 0 Å². The fourth-order valence-electron chi connectivity index (χ4n) is 5.07. The number of nitrogens with zero attached hydrogens (tertiary/aromatic N) is 1. The number of ether oxygens (including phenoxy) is 3. The molecular formula is C35H64NO4+. The van der Waals surface area contributed by atoms with Crippen molar-refractivity contribution < 1.29 is 23.6 Å². The van der Waals surface area contributed by atoms with E-state index in [1.54, 1.807) is 6.07 Å². The van der Waals surface area contributed by atoms with Gasteiger partial charge in [-0.3, -0.25) is 0 Å². The molecule has 1 heterocycles. The quantitative estimate of drug-likeness (QED) is 0.0532. The third kappa shape index (κ3) is 23.3. The van der Waals surface area contributed by atoms with E-state index in [-0.39, 0.29) is 5.97 Å². The van der Waals surface area contributed by atoms with Gasteiger partial charge in [0.15, 0.2) is 12.4 Å². The Morgan fingerprint density at radius 3 is 1.55 bits per heavy atom. The molecule has 40 heavy (non-hydrogen) atoms. The van der Waals surface area contributed by atoms with Crippen molar-refractivity contribution in [1.29, 1.82) is 0 Å². The average molecular weight is 563 g/mol. The first-order valence-corrected chi connectivity index (χ1v) is 17.1.